The number of anilines is 8. The summed E-state index contributed by atoms with van der Waals surface area (Å²) in [5.41, 5.74) is 31.1. The zero-order valence-electron chi connectivity index (χ0n) is 50.3. The molecule has 4 aliphatic rings. The van der Waals surface area contributed by atoms with Crippen molar-refractivity contribution in [2.45, 2.75) is 149 Å². The van der Waals surface area contributed by atoms with E-state index in [1.165, 1.54) is 125 Å². The lowest BCUT2D eigenvalue weighted by atomic mass is 9.55. The van der Waals surface area contributed by atoms with Crippen molar-refractivity contribution in [2.24, 2.45) is 0 Å². The zero-order chi connectivity index (χ0) is 56.5. The van der Waals surface area contributed by atoms with Gasteiger partial charge < -0.3 is 15.1 Å². The molecule has 0 unspecified atom stereocenters. The molecule has 0 saturated carbocycles. The topological polar surface area (TPSA) is 18.5 Å². The third-order valence-electron chi connectivity index (χ3n) is 19.9. The first-order valence-electron chi connectivity index (χ1n) is 30.1. The van der Waals surface area contributed by atoms with E-state index in [-0.39, 0.29) is 27.1 Å². The minimum atomic E-state index is -0.182. The SMILES string of the molecule is Cc1ccccc1-c1ccc(N(c2cccc(-c3ccccc3)c2)c2ccc(-c3cc(C(C)C)cc4c3Bc3cccc5c3N4c3cc4c(cc3C5(C)C)C(C)(C)CCC4(C)C)c(Nc3ccc4c(c3)C(C)(C)CCC4(C)C)c2)cc1. The summed E-state index contributed by atoms with van der Waals surface area (Å²) < 4.78 is 0. The second-order valence-electron chi connectivity index (χ2n) is 27.9. The van der Waals surface area contributed by atoms with Crippen LogP contribution in [0.3, 0.4) is 0 Å². The molecule has 2 aliphatic heterocycles. The largest absolute Gasteiger partial charge is 0.355 e. The van der Waals surface area contributed by atoms with Gasteiger partial charge in [0.25, 0.3) is 0 Å². The maximum atomic E-state index is 4.22. The summed E-state index contributed by atoms with van der Waals surface area (Å²) in [4.78, 5) is 5.17. The van der Waals surface area contributed by atoms with Crippen LogP contribution in [0.2, 0.25) is 0 Å². The molecule has 2 heterocycles. The van der Waals surface area contributed by atoms with Gasteiger partial charge in [-0.25, -0.2) is 0 Å². The Balaban J connectivity index is 1.05. The maximum Gasteiger partial charge on any atom is 0.198 e. The van der Waals surface area contributed by atoms with E-state index in [0.29, 0.717) is 5.92 Å². The fourth-order valence-electron chi connectivity index (χ4n) is 14.6. The van der Waals surface area contributed by atoms with Crippen LogP contribution in [0.1, 0.15) is 159 Å². The van der Waals surface area contributed by atoms with Gasteiger partial charge in [-0.3, -0.25) is 0 Å². The van der Waals surface area contributed by atoms with Gasteiger partial charge in [0.1, 0.15) is 0 Å². The van der Waals surface area contributed by atoms with E-state index in [4.69, 9.17) is 0 Å². The van der Waals surface area contributed by atoms with Crippen LogP contribution in [0.15, 0.2) is 182 Å². The summed E-state index contributed by atoms with van der Waals surface area (Å²) in [5.74, 6) is 0.298. The number of para-hydroxylation sites is 1. The average molecular weight is 1060 g/mol. The number of benzene rings is 9. The summed E-state index contributed by atoms with van der Waals surface area (Å²) in [5, 5.41) is 4.22. The molecule has 81 heavy (non-hydrogen) atoms. The van der Waals surface area contributed by atoms with Gasteiger partial charge in [0, 0.05) is 50.8 Å². The minimum absolute atomic E-state index is 0.0542. The number of aryl methyl sites for hydroxylation is 1. The highest BCUT2D eigenvalue weighted by atomic mass is 15.2. The van der Waals surface area contributed by atoms with Gasteiger partial charge in [-0.15, -0.1) is 0 Å². The van der Waals surface area contributed by atoms with E-state index in [2.05, 4.69) is 287 Å². The van der Waals surface area contributed by atoms with E-state index in [0.717, 1.165) is 42.1 Å². The molecule has 0 aromatic heterocycles. The zero-order valence-corrected chi connectivity index (χ0v) is 50.3. The Morgan fingerprint density at radius 1 is 0.444 bits per heavy atom. The Hall–Kier alpha value is -7.56. The van der Waals surface area contributed by atoms with Crippen molar-refractivity contribution in [1.29, 1.82) is 0 Å². The molecule has 0 fully saturated rings. The van der Waals surface area contributed by atoms with Crippen molar-refractivity contribution in [3.8, 4) is 33.4 Å². The van der Waals surface area contributed by atoms with Crippen LogP contribution >= 0.6 is 0 Å². The van der Waals surface area contributed by atoms with Gasteiger partial charge in [0.15, 0.2) is 7.28 Å². The van der Waals surface area contributed by atoms with Gasteiger partial charge in [0.05, 0.1) is 5.69 Å². The van der Waals surface area contributed by atoms with Crippen molar-refractivity contribution in [2.75, 3.05) is 15.1 Å². The third-order valence-corrected chi connectivity index (χ3v) is 19.9. The van der Waals surface area contributed by atoms with Crippen LogP contribution in [-0.2, 0) is 27.1 Å². The molecule has 0 bridgehead atoms. The van der Waals surface area contributed by atoms with Crippen molar-refractivity contribution in [3.63, 3.8) is 0 Å². The highest BCUT2D eigenvalue weighted by Crippen LogP contribution is 2.57. The lowest BCUT2D eigenvalue weighted by Crippen LogP contribution is -2.46. The Kier molecular flexibility index (Phi) is 12.4. The van der Waals surface area contributed by atoms with Crippen molar-refractivity contribution < 1.29 is 0 Å². The molecule has 13 rings (SSSR count). The smallest absolute Gasteiger partial charge is 0.198 e. The molecule has 0 atom stereocenters. The van der Waals surface area contributed by atoms with Crippen LogP contribution in [0, 0.1) is 6.92 Å². The number of hydrogen-bond acceptors (Lipinski definition) is 3. The van der Waals surface area contributed by atoms with Crippen molar-refractivity contribution in [1.82, 2.24) is 0 Å². The Morgan fingerprint density at radius 2 is 1.06 bits per heavy atom. The molecule has 0 saturated heterocycles. The molecule has 9 aromatic rings. The highest BCUT2D eigenvalue weighted by molar-refractivity contribution is 6.73. The third kappa shape index (κ3) is 8.86. The number of nitrogens with one attached hydrogen (secondary N) is 1. The molecule has 4 heteroatoms. The van der Waals surface area contributed by atoms with Crippen LogP contribution in [0.25, 0.3) is 33.4 Å². The molecule has 9 aromatic carbocycles. The van der Waals surface area contributed by atoms with E-state index < -0.39 is 0 Å². The average Bonchev–Trinajstić information content (AvgIpc) is 2.02. The van der Waals surface area contributed by atoms with Gasteiger partial charge in [0.2, 0.25) is 0 Å². The fraction of sp³-hybridized carbons (Fsp3) is 0.299. The quantitative estimate of drug-likeness (QED) is 0.145. The molecule has 0 amide bonds. The predicted octanol–water partition coefficient (Wildman–Crippen LogP) is 19.8. The van der Waals surface area contributed by atoms with Gasteiger partial charge in [-0.1, -0.05) is 210 Å². The normalized spacial score (nSPS) is 17.2. The maximum absolute atomic E-state index is 4.22. The van der Waals surface area contributed by atoms with Gasteiger partial charge in [-0.05, 0) is 199 Å². The summed E-state index contributed by atoms with van der Waals surface area (Å²) >= 11 is 0. The first kappa shape index (κ1) is 52.8. The van der Waals surface area contributed by atoms with Crippen LogP contribution in [0.4, 0.5) is 45.5 Å². The minimum Gasteiger partial charge on any atom is -0.355 e. The Bertz CT molecular complexity index is 3970. The second-order valence-corrected chi connectivity index (χ2v) is 27.9. The summed E-state index contributed by atoms with van der Waals surface area (Å²) in [6, 6.07) is 69.7. The Morgan fingerprint density at radius 3 is 1.77 bits per heavy atom. The first-order chi connectivity index (χ1) is 38.6. The van der Waals surface area contributed by atoms with Crippen LogP contribution in [0.5, 0.6) is 0 Å². The molecule has 0 spiro atoms. The second kappa shape index (κ2) is 19.0. The number of rotatable bonds is 9. The number of fused-ring (bicyclic) bond motifs is 6. The number of hydrogen-bond donors (Lipinski definition) is 1. The van der Waals surface area contributed by atoms with Gasteiger partial charge in [-0.2, -0.15) is 0 Å². The Labute approximate surface area is 484 Å². The van der Waals surface area contributed by atoms with Crippen molar-refractivity contribution in [3.05, 3.63) is 226 Å². The predicted molar refractivity (Wildman–Crippen MR) is 350 cm³/mol. The molecule has 1 N–H and O–H groups in total. The summed E-state index contributed by atoms with van der Waals surface area (Å²) in [6.45, 7) is 31.5. The monoisotopic (exact) mass is 1060 g/mol. The number of nitrogens with zero attached hydrogens (tertiary/aromatic N) is 2. The van der Waals surface area contributed by atoms with Crippen molar-refractivity contribution >= 4 is 63.7 Å². The first-order valence-corrected chi connectivity index (χ1v) is 30.1. The molecular formula is C77H80BN3. The van der Waals surface area contributed by atoms with E-state index in [1.54, 1.807) is 0 Å². The molecule has 2 aliphatic carbocycles. The lowest BCUT2D eigenvalue weighted by Gasteiger charge is -2.49. The summed E-state index contributed by atoms with van der Waals surface area (Å²) in [7, 11) is 0.840. The molecular weight excluding hydrogens is 978 g/mol. The lowest BCUT2D eigenvalue weighted by molar-refractivity contribution is 0.331. The van der Waals surface area contributed by atoms with E-state index >= 15 is 0 Å². The van der Waals surface area contributed by atoms with Gasteiger partial charge >= 0.3 is 0 Å². The van der Waals surface area contributed by atoms with Crippen LogP contribution in [-0.4, -0.2) is 7.28 Å². The molecule has 0 radical (unpaired) electrons. The summed E-state index contributed by atoms with van der Waals surface area (Å²) in [6.07, 6.45) is 4.70. The molecule has 3 nitrogen and oxygen atoms in total. The van der Waals surface area contributed by atoms with E-state index in [1.807, 2.05) is 0 Å². The molecule has 406 valence electrons. The van der Waals surface area contributed by atoms with Crippen LogP contribution < -0.4 is 26.0 Å². The highest BCUT2D eigenvalue weighted by Gasteiger charge is 2.46. The van der Waals surface area contributed by atoms with E-state index in [9.17, 15) is 0 Å². The standard InChI is InChI=1S/C77H80BN3/c1-48(2)53-42-60(71-70(43-53)81-69-47-65-64(75(8,9)39-40-76(65,10)11)46-66(69)77(12,13)62-27-20-28-67(78-71)72(62)81)59-35-34-57(45-68(59)79-54-31-36-61-63(44-54)74(6,7)38-37-73(61,4)5)80(56-25-19-24-52(41-56)50-22-15-14-16-23-50)55-32-29-51(30-33-55)58-26-18-17-21-49(58)3/h14-36,41-48,78-79H,37-40H2,1-13H3. The fourth-order valence-corrected chi connectivity index (χ4v) is 14.6.